The number of aliphatic imine (C=N–C) groups is 1. The maximum absolute atomic E-state index is 5.51. The largest absolute Gasteiger partial charge is 0.494 e. The summed E-state index contributed by atoms with van der Waals surface area (Å²) in [4.78, 5) is 4.24. The Morgan fingerprint density at radius 3 is 2.77 bits per heavy atom. The number of hydrogen-bond donors (Lipinski definition) is 2. The van der Waals surface area contributed by atoms with Crippen molar-refractivity contribution in [3.05, 3.63) is 29.8 Å². The Morgan fingerprint density at radius 2 is 2.09 bits per heavy atom. The number of thioether (sulfide) groups is 1. The van der Waals surface area contributed by atoms with Crippen LogP contribution in [0.15, 0.2) is 29.3 Å². The molecular weight excluding hydrogens is 409 g/mol. The third-order valence-electron chi connectivity index (χ3n) is 2.96. The molecule has 22 heavy (non-hydrogen) atoms. The molecule has 0 radical (unpaired) electrons. The van der Waals surface area contributed by atoms with Gasteiger partial charge in [0.25, 0.3) is 0 Å². The number of unbranched alkanes of at least 4 members (excludes halogenated alkanes) is 1. The molecule has 4 nitrogen and oxygen atoms in total. The van der Waals surface area contributed by atoms with Crippen LogP contribution in [0.25, 0.3) is 0 Å². The van der Waals surface area contributed by atoms with Crippen molar-refractivity contribution in [1.29, 1.82) is 0 Å². The molecular formula is C16H28IN3OS. The van der Waals surface area contributed by atoms with Gasteiger partial charge in [0.1, 0.15) is 5.75 Å². The van der Waals surface area contributed by atoms with Crippen molar-refractivity contribution in [2.45, 2.75) is 26.3 Å². The molecule has 6 heteroatoms. The van der Waals surface area contributed by atoms with Gasteiger partial charge in [0.05, 0.1) is 6.61 Å². The van der Waals surface area contributed by atoms with Gasteiger partial charge >= 0.3 is 0 Å². The van der Waals surface area contributed by atoms with Gasteiger partial charge < -0.3 is 15.4 Å². The van der Waals surface area contributed by atoms with E-state index in [4.69, 9.17) is 4.74 Å². The lowest BCUT2D eigenvalue weighted by Crippen LogP contribution is -2.37. The van der Waals surface area contributed by atoms with Crippen LogP contribution in [-0.2, 0) is 6.54 Å². The number of halogens is 1. The molecule has 1 aromatic carbocycles. The third-order valence-corrected chi connectivity index (χ3v) is 3.66. The van der Waals surface area contributed by atoms with Gasteiger partial charge in [-0.05, 0) is 49.5 Å². The number of guanidine groups is 1. The number of nitrogens with one attached hydrogen (secondary N) is 2. The number of rotatable bonds is 9. The van der Waals surface area contributed by atoms with Crippen LogP contribution in [0.2, 0.25) is 0 Å². The SMILES string of the molecule is CCOc1cccc(CNC(=NC)NCCCCSC)c1.I. The molecule has 1 aromatic rings. The summed E-state index contributed by atoms with van der Waals surface area (Å²) in [6, 6.07) is 8.13. The molecule has 0 heterocycles. The maximum atomic E-state index is 5.51. The molecule has 0 aliphatic carbocycles. The van der Waals surface area contributed by atoms with Crippen LogP contribution in [0.1, 0.15) is 25.3 Å². The minimum absolute atomic E-state index is 0. The molecule has 0 aromatic heterocycles. The van der Waals surface area contributed by atoms with Gasteiger partial charge in [-0.15, -0.1) is 24.0 Å². The van der Waals surface area contributed by atoms with Crippen molar-refractivity contribution in [1.82, 2.24) is 10.6 Å². The van der Waals surface area contributed by atoms with Crippen molar-refractivity contribution in [3.8, 4) is 5.75 Å². The highest BCUT2D eigenvalue weighted by molar-refractivity contribution is 14.0. The van der Waals surface area contributed by atoms with Gasteiger partial charge in [-0.1, -0.05) is 12.1 Å². The Kier molecular flexibility index (Phi) is 13.6. The molecule has 0 spiro atoms. The molecule has 0 atom stereocenters. The zero-order chi connectivity index (χ0) is 15.3. The lowest BCUT2D eigenvalue weighted by Gasteiger charge is -2.12. The number of ether oxygens (including phenoxy) is 1. The topological polar surface area (TPSA) is 45.6 Å². The Hall–Kier alpha value is -0.630. The first-order valence-corrected chi connectivity index (χ1v) is 8.84. The molecule has 0 saturated heterocycles. The number of benzene rings is 1. The van der Waals surface area contributed by atoms with E-state index in [2.05, 4.69) is 34.0 Å². The Balaban J connectivity index is 0.00000441. The molecule has 2 N–H and O–H groups in total. The van der Waals surface area contributed by atoms with E-state index in [9.17, 15) is 0 Å². The molecule has 0 aliphatic rings. The predicted molar refractivity (Wildman–Crippen MR) is 109 cm³/mol. The fraction of sp³-hybridized carbons (Fsp3) is 0.562. The molecule has 0 bridgehead atoms. The van der Waals surface area contributed by atoms with Gasteiger partial charge in [-0.25, -0.2) is 0 Å². The van der Waals surface area contributed by atoms with Crippen LogP contribution in [0.4, 0.5) is 0 Å². The van der Waals surface area contributed by atoms with Gasteiger partial charge in [-0.2, -0.15) is 11.8 Å². The van der Waals surface area contributed by atoms with Crippen molar-refractivity contribution < 1.29 is 4.74 Å². The Morgan fingerprint density at radius 1 is 1.27 bits per heavy atom. The maximum Gasteiger partial charge on any atom is 0.191 e. The van der Waals surface area contributed by atoms with Crippen LogP contribution in [-0.4, -0.2) is 38.2 Å². The summed E-state index contributed by atoms with van der Waals surface area (Å²) in [6.07, 6.45) is 4.55. The van der Waals surface area contributed by atoms with Crippen LogP contribution in [0.5, 0.6) is 5.75 Å². The van der Waals surface area contributed by atoms with Crippen LogP contribution in [0, 0.1) is 0 Å². The average molecular weight is 437 g/mol. The van der Waals surface area contributed by atoms with Crippen LogP contribution < -0.4 is 15.4 Å². The lowest BCUT2D eigenvalue weighted by atomic mass is 10.2. The van der Waals surface area contributed by atoms with Gasteiger partial charge in [0.2, 0.25) is 0 Å². The normalized spacial score (nSPS) is 10.8. The molecule has 0 fully saturated rings. The van der Waals surface area contributed by atoms with E-state index in [1.807, 2.05) is 30.8 Å². The van der Waals surface area contributed by atoms with Crippen LogP contribution >= 0.6 is 35.7 Å². The summed E-state index contributed by atoms with van der Waals surface area (Å²) in [7, 11) is 1.80. The second-order valence-corrected chi connectivity index (χ2v) is 5.62. The first kappa shape index (κ1) is 21.4. The van der Waals surface area contributed by atoms with Crippen molar-refractivity contribution in [2.75, 3.05) is 32.2 Å². The van der Waals surface area contributed by atoms with E-state index in [1.54, 1.807) is 7.05 Å². The van der Waals surface area contributed by atoms with E-state index in [1.165, 1.54) is 24.2 Å². The van der Waals surface area contributed by atoms with E-state index < -0.39 is 0 Å². The summed E-state index contributed by atoms with van der Waals surface area (Å²) in [5, 5.41) is 6.66. The summed E-state index contributed by atoms with van der Waals surface area (Å²) in [5.74, 6) is 2.98. The minimum Gasteiger partial charge on any atom is -0.494 e. The average Bonchev–Trinajstić information content (AvgIpc) is 2.51. The summed E-state index contributed by atoms with van der Waals surface area (Å²) in [5.41, 5.74) is 1.19. The molecule has 0 saturated carbocycles. The highest BCUT2D eigenvalue weighted by Crippen LogP contribution is 2.12. The van der Waals surface area contributed by atoms with E-state index >= 15 is 0 Å². The summed E-state index contributed by atoms with van der Waals surface area (Å²) < 4.78 is 5.51. The third kappa shape index (κ3) is 9.40. The fourth-order valence-electron chi connectivity index (χ4n) is 1.90. The monoisotopic (exact) mass is 437 g/mol. The zero-order valence-corrected chi connectivity index (χ0v) is 16.9. The van der Waals surface area contributed by atoms with E-state index in [-0.39, 0.29) is 24.0 Å². The van der Waals surface area contributed by atoms with E-state index in [0.29, 0.717) is 6.61 Å². The quantitative estimate of drug-likeness (QED) is 0.269. The molecule has 126 valence electrons. The first-order chi connectivity index (χ1) is 10.3. The highest BCUT2D eigenvalue weighted by Gasteiger charge is 1.99. The fourth-order valence-corrected chi connectivity index (χ4v) is 2.39. The van der Waals surface area contributed by atoms with Crippen molar-refractivity contribution in [3.63, 3.8) is 0 Å². The van der Waals surface area contributed by atoms with Crippen LogP contribution in [0.3, 0.4) is 0 Å². The Labute approximate surface area is 155 Å². The lowest BCUT2D eigenvalue weighted by molar-refractivity contribution is 0.340. The number of hydrogen-bond acceptors (Lipinski definition) is 3. The van der Waals surface area contributed by atoms with Gasteiger partial charge in [0, 0.05) is 20.1 Å². The highest BCUT2D eigenvalue weighted by atomic mass is 127. The second-order valence-electron chi connectivity index (χ2n) is 4.63. The first-order valence-electron chi connectivity index (χ1n) is 7.45. The molecule has 1 rings (SSSR count). The molecule has 0 aliphatic heterocycles. The van der Waals surface area contributed by atoms with Gasteiger partial charge in [-0.3, -0.25) is 4.99 Å². The molecule has 0 unspecified atom stereocenters. The molecule has 0 amide bonds. The van der Waals surface area contributed by atoms with E-state index in [0.717, 1.165) is 24.8 Å². The van der Waals surface area contributed by atoms with Gasteiger partial charge in [0.15, 0.2) is 5.96 Å². The summed E-state index contributed by atoms with van der Waals surface area (Å²) in [6.45, 7) is 4.38. The second kappa shape index (κ2) is 14.0. The van der Waals surface area contributed by atoms with Crippen molar-refractivity contribution in [2.24, 2.45) is 4.99 Å². The smallest absolute Gasteiger partial charge is 0.191 e. The standard InChI is InChI=1S/C16H27N3OS.HI/c1-4-20-15-9-7-8-14(12-15)13-19-16(17-2)18-10-5-6-11-21-3;/h7-9,12H,4-6,10-11,13H2,1-3H3,(H2,17,18,19);1H. The minimum atomic E-state index is 0. The number of nitrogens with zero attached hydrogens (tertiary/aromatic N) is 1. The van der Waals surface area contributed by atoms with Crippen molar-refractivity contribution >= 4 is 41.7 Å². The predicted octanol–water partition coefficient (Wildman–Crippen LogP) is 3.51. The zero-order valence-electron chi connectivity index (χ0n) is 13.7. The summed E-state index contributed by atoms with van der Waals surface area (Å²) >= 11 is 1.89. The Bertz CT molecular complexity index is 430.